The third-order valence-corrected chi connectivity index (χ3v) is 5.06. The topological polar surface area (TPSA) is 47.0 Å². The lowest BCUT2D eigenvalue weighted by atomic mass is 10.1. The van der Waals surface area contributed by atoms with Crippen LogP contribution >= 0.6 is 11.8 Å². The molecule has 2 heterocycles. The Morgan fingerprint density at radius 3 is 2.60 bits per heavy atom. The van der Waals surface area contributed by atoms with Gasteiger partial charge in [-0.3, -0.25) is 0 Å². The number of methoxy groups -OCH3 is 1. The van der Waals surface area contributed by atoms with Crippen molar-refractivity contribution in [3.63, 3.8) is 0 Å². The zero-order chi connectivity index (χ0) is 14.4. The van der Waals surface area contributed by atoms with Crippen LogP contribution in [0.5, 0.6) is 0 Å². The molecule has 1 aliphatic rings. The summed E-state index contributed by atoms with van der Waals surface area (Å²) in [6, 6.07) is 0. The normalized spacial score (nSPS) is 19.2. The Morgan fingerprint density at radius 1 is 1.25 bits per heavy atom. The Labute approximate surface area is 126 Å². The maximum Gasteiger partial charge on any atom is 0.141 e. The van der Waals surface area contributed by atoms with Gasteiger partial charge >= 0.3 is 0 Å². The fraction of sp³-hybridized carbons (Fsp3) is 0.733. The molecule has 0 spiro atoms. The van der Waals surface area contributed by atoms with Crippen molar-refractivity contribution in [2.75, 3.05) is 26.0 Å². The molecule has 0 aromatic carbocycles. The van der Waals surface area contributed by atoms with Crippen molar-refractivity contribution in [1.29, 1.82) is 0 Å². The van der Waals surface area contributed by atoms with Gasteiger partial charge in [-0.05, 0) is 32.4 Å². The van der Waals surface area contributed by atoms with Crippen LogP contribution < -0.4 is 5.32 Å². The quantitative estimate of drug-likeness (QED) is 0.818. The zero-order valence-electron chi connectivity index (χ0n) is 12.7. The van der Waals surface area contributed by atoms with E-state index in [2.05, 4.69) is 19.2 Å². The van der Waals surface area contributed by atoms with E-state index in [1.54, 1.807) is 7.11 Å². The smallest absolute Gasteiger partial charge is 0.141 e. The molecule has 1 N–H and O–H groups in total. The monoisotopic (exact) mass is 295 g/mol. The number of aromatic nitrogens is 2. The van der Waals surface area contributed by atoms with E-state index in [9.17, 15) is 0 Å². The Hall–Kier alpha value is -0.650. The van der Waals surface area contributed by atoms with Crippen molar-refractivity contribution in [1.82, 2.24) is 15.3 Å². The lowest BCUT2D eigenvalue weighted by Gasteiger charge is -2.21. The molecular formula is C15H25N3OS. The van der Waals surface area contributed by atoms with Crippen molar-refractivity contribution >= 4 is 11.8 Å². The number of ether oxygens (including phenoxy) is 1. The zero-order valence-corrected chi connectivity index (χ0v) is 13.6. The van der Waals surface area contributed by atoms with Gasteiger partial charge in [-0.25, -0.2) is 9.97 Å². The number of hydrogen-bond acceptors (Lipinski definition) is 5. The minimum absolute atomic E-state index is 0.497. The first kappa shape index (κ1) is 15.7. The Bertz CT molecular complexity index is 410. The Balaban J connectivity index is 2.03. The summed E-state index contributed by atoms with van der Waals surface area (Å²) in [5.74, 6) is 2.28. The number of nitrogens with zero attached hydrogens (tertiary/aromatic N) is 2. The van der Waals surface area contributed by atoms with E-state index in [0.717, 1.165) is 36.9 Å². The molecule has 0 amide bonds. The van der Waals surface area contributed by atoms with Gasteiger partial charge in [0.2, 0.25) is 0 Å². The molecule has 1 aliphatic heterocycles. The lowest BCUT2D eigenvalue weighted by Crippen LogP contribution is -2.21. The van der Waals surface area contributed by atoms with Crippen LogP contribution in [0.3, 0.4) is 0 Å². The summed E-state index contributed by atoms with van der Waals surface area (Å²) in [6.45, 7) is 6.60. The largest absolute Gasteiger partial charge is 0.383 e. The first-order valence-electron chi connectivity index (χ1n) is 7.37. The van der Waals surface area contributed by atoms with Crippen molar-refractivity contribution in [2.45, 2.75) is 44.9 Å². The second-order valence-corrected chi connectivity index (χ2v) is 6.57. The Kier molecular flexibility index (Phi) is 6.26. The molecule has 20 heavy (non-hydrogen) atoms. The van der Waals surface area contributed by atoms with E-state index in [-0.39, 0.29) is 0 Å². The first-order valence-corrected chi connectivity index (χ1v) is 8.42. The van der Waals surface area contributed by atoms with Crippen LogP contribution in [0.15, 0.2) is 0 Å². The average molecular weight is 295 g/mol. The second-order valence-electron chi connectivity index (χ2n) is 5.26. The Morgan fingerprint density at radius 2 is 2.00 bits per heavy atom. The highest BCUT2D eigenvalue weighted by Gasteiger charge is 2.20. The SMILES string of the molecule is COCCNCc1c(C)nc(C2CCCCS2)nc1C. The number of nitrogens with one attached hydrogen (secondary N) is 1. The number of aryl methyl sites for hydroxylation is 2. The summed E-state index contributed by atoms with van der Waals surface area (Å²) in [5.41, 5.74) is 3.46. The van der Waals surface area contributed by atoms with Crippen LogP contribution in [0.4, 0.5) is 0 Å². The summed E-state index contributed by atoms with van der Waals surface area (Å²) in [7, 11) is 1.72. The number of rotatable bonds is 6. The van der Waals surface area contributed by atoms with Crippen LogP contribution in [-0.2, 0) is 11.3 Å². The first-order chi connectivity index (χ1) is 9.72. The van der Waals surface area contributed by atoms with Gasteiger partial charge in [0.15, 0.2) is 0 Å². The molecule has 0 saturated carbocycles. The summed E-state index contributed by atoms with van der Waals surface area (Å²) < 4.78 is 5.04. The number of thioether (sulfide) groups is 1. The van der Waals surface area contributed by atoms with Crippen molar-refractivity contribution in [3.8, 4) is 0 Å². The maximum absolute atomic E-state index is 5.04. The van der Waals surface area contributed by atoms with Crippen molar-refractivity contribution in [3.05, 3.63) is 22.8 Å². The molecule has 0 bridgehead atoms. The molecule has 5 heteroatoms. The molecule has 0 radical (unpaired) electrons. The molecule has 1 saturated heterocycles. The lowest BCUT2D eigenvalue weighted by molar-refractivity contribution is 0.199. The van der Waals surface area contributed by atoms with E-state index < -0.39 is 0 Å². The van der Waals surface area contributed by atoms with Crippen LogP contribution in [-0.4, -0.2) is 36.0 Å². The third kappa shape index (κ3) is 4.17. The molecule has 1 aromatic rings. The van der Waals surface area contributed by atoms with Gasteiger partial charge in [0.25, 0.3) is 0 Å². The van der Waals surface area contributed by atoms with Gasteiger partial charge in [0, 0.05) is 37.2 Å². The molecule has 4 nitrogen and oxygen atoms in total. The number of hydrogen-bond donors (Lipinski definition) is 1. The van der Waals surface area contributed by atoms with E-state index in [1.165, 1.54) is 30.6 Å². The molecule has 2 rings (SSSR count). The standard InChI is InChI=1S/C15H25N3OS/c1-11-13(10-16-7-8-19-3)12(2)18-15(17-11)14-6-4-5-9-20-14/h14,16H,4-10H2,1-3H3. The molecule has 112 valence electrons. The summed E-state index contributed by atoms with van der Waals surface area (Å²) >= 11 is 2.01. The molecule has 1 unspecified atom stereocenters. The van der Waals surface area contributed by atoms with Crippen LogP contribution in [0.25, 0.3) is 0 Å². The molecule has 1 atom stereocenters. The van der Waals surface area contributed by atoms with Crippen LogP contribution in [0, 0.1) is 13.8 Å². The van der Waals surface area contributed by atoms with Gasteiger partial charge in [0.1, 0.15) is 5.82 Å². The van der Waals surface area contributed by atoms with Crippen LogP contribution in [0.1, 0.15) is 47.3 Å². The maximum atomic E-state index is 5.04. The molecule has 1 aromatic heterocycles. The second kappa shape index (κ2) is 7.96. The van der Waals surface area contributed by atoms with E-state index in [1.807, 2.05) is 11.8 Å². The highest BCUT2D eigenvalue weighted by atomic mass is 32.2. The summed E-state index contributed by atoms with van der Waals surface area (Å²) in [6.07, 6.45) is 3.86. The van der Waals surface area contributed by atoms with Gasteiger partial charge in [-0.2, -0.15) is 11.8 Å². The highest BCUT2D eigenvalue weighted by Crippen LogP contribution is 2.36. The molecular weight excluding hydrogens is 270 g/mol. The van der Waals surface area contributed by atoms with E-state index in [0.29, 0.717) is 5.25 Å². The average Bonchev–Trinajstić information content (AvgIpc) is 2.46. The predicted octanol–water partition coefficient (Wildman–Crippen LogP) is 2.79. The predicted molar refractivity (Wildman–Crippen MR) is 84.1 cm³/mol. The van der Waals surface area contributed by atoms with Crippen molar-refractivity contribution < 1.29 is 4.74 Å². The fourth-order valence-corrected chi connectivity index (χ4v) is 3.74. The van der Waals surface area contributed by atoms with E-state index in [4.69, 9.17) is 14.7 Å². The third-order valence-electron chi connectivity index (χ3n) is 3.69. The van der Waals surface area contributed by atoms with Gasteiger partial charge in [-0.1, -0.05) is 6.42 Å². The van der Waals surface area contributed by atoms with Crippen molar-refractivity contribution in [2.24, 2.45) is 0 Å². The van der Waals surface area contributed by atoms with Gasteiger partial charge in [0.05, 0.1) is 11.9 Å². The summed E-state index contributed by atoms with van der Waals surface area (Å²) in [5, 5.41) is 3.87. The molecule has 1 fully saturated rings. The van der Waals surface area contributed by atoms with E-state index >= 15 is 0 Å². The summed E-state index contributed by atoms with van der Waals surface area (Å²) in [4.78, 5) is 9.51. The fourth-order valence-electron chi connectivity index (χ4n) is 2.50. The minimum atomic E-state index is 0.497. The molecule has 0 aliphatic carbocycles. The minimum Gasteiger partial charge on any atom is -0.383 e. The van der Waals surface area contributed by atoms with Gasteiger partial charge < -0.3 is 10.1 Å². The highest BCUT2D eigenvalue weighted by molar-refractivity contribution is 7.99. The van der Waals surface area contributed by atoms with Crippen LogP contribution in [0.2, 0.25) is 0 Å². The van der Waals surface area contributed by atoms with Gasteiger partial charge in [-0.15, -0.1) is 0 Å².